The maximum atomic E-state index is 12.6. The van der Waals surface area contributed by atoms with Crippen molar-refractivity contribution in [1.82, 2.24) is 19.7 Å². The zero-order chi connectivity index (χ0) is 18.7. The molecule has 0 radical (unpaired) electrons. The fourth-order valence-electron chi connectivity index (χ4n) is 2.58. The van der Waals surface area contributed by atoms with Crippen LogP contribution in [0.2, 0.25) is 0 Å². The molecule has 0 bridgehead atoms. The van der Waals surface area contributed by atoms with Gasteiger partial charge in [-0.05, 0) is 36.8 Å². The molecule has 0 aliphatic rings. The number of carbonyl (C=O) groups is 1. The predicted molar refractivity (Wildman–Crippen MR) is 95.0 cm³/mol. The molecule has 0 saturated heterocycles. The second kappa shape index (κ2) is 7.14. The lowest BCUT2D eigenvalue weighted by molar-refractivity contribution is -0.384. The highest BCUT2D eigenvalue weighted by molar-refractivity contribution is 5.94. The van der Waals surface area contributed by atoms with Crippen LogP contribution >= 0.6 is 0 Å². The van der Waals surface area contributed by atoms with E-state index in [1.807, 2.05) is 31.2 Å². The molecule has 3 aromatic rings. The van der Waals surface area contributed by atoms with Crippen LogP contribution in [-0.4, -0.2) is 37.5 Å². The van der Waals surface area contributed by atoms with Crippen LogP contribution in [0.1, 0.15) is 28.9 Å². The Morgan fingerprint density at radius 3 is 2.35 bits per heavy atom. The fraction of sp³-hybridized carbons (Fsp3) is 0.167. The van der Waals surface area contributed by atoms with Crippen molar-refractivity contribution in [3.63, 3.8) is 0 Å². The summed E-state index contributed by atoms with van der Waals surface area (Å²) in [6.45, 7) is 1.92. The first-order valence-corrected chi connectivity index (χ1v) is 7.94. The van der Waals surface area contributed by atoms with E-state index in [1.54, 1.807) is 23.0 Å². The molecule has 2 aromatic carbocycles. The van der Waals surface area contributed by atoms with E-state index in [4.69, 9.17) is 0 Å². The highest BCUT2D eigenvalue weighted by Gasteiger charge is 2.19. The first-order valence-electron chi connectivity index (χ1n) is 7.94. The van der Waals surface area contributed by atoms with Crippen molar-refractivity contribution in [2.24, 2.45) is 0 Å². The Morgan fingerprint density at radius 2 is 1.81 bits per heavy atom. The number of carbonyl (C=O) groups excluding carboxylic acids is 1. The maximum Gasteiger partial charge on any atom is 0.269 e. The number of nitro benzene ring substituents is 1. The third-order valence-corrected chi connectivity index (χ3v) is 4.29. The molecule has 0 saturated carbocycles. The van der Waals surface area contributed by atoms with Gasteiger partial charge in [-0.15, -0.1) is 0 Å². The van der Waals surface area contributed by atoms with Gasteiger partial charge >= 0.3 is 0 Å². The zero-order valence-electron chi connectivity index (χ0n) is 14.3. The third kappa shape index (κ3) is 3.44. The first-order chi connectivity index (χ1) is 12.5. The van der Waals surface area contributed by atoms with Crippen molar-refractivity contribution in [2.45, 2.75) is 13.0 Å². The highest BCUT2D eigenvalue weighted by Crippen LogP contribution is 2.22. The lowest BCUT2D eigenvalue weighted by atomic mass is 10.1. The van der Waals surface area contributed by atoms with Crippen LogP contribution in [0.3, 0.4) is 0 Å². The number of nitro groups is 1. The van der Waals surface area contributed by atoms with Crippen molar-refractivity contribution in [1.29, 1.82) is 0 Å². The van der Waals surface area contributed by atoms with Gasteiger partial charge in [-0.1, -0.05) is 12.1 Å². The summed E-state index contributed by atoms with van der Waals surface area (Å²) in [5, 5.41) is 14.8. The third-order valence-electron chi connectivity index (χ3n) is 4.29. The summed E-state index contributed by atoms with van der Waals surface area (Å²) in [6.07, 6.45) is 3.08. The molecule has 1 atom stereocenters. The zero-order valence-corrected chi connectivity index (χ0v) is 14.3. The minimum absolute atomic E-state index is 0.0408. The molecule has 0 aliphatic carbocycles. The number of aromatic nitrogens is 3. The molecule has 3 rings (SSSR count). The largest absolute Gasteiger partial charge is 0.335 e. The molecule has 26 heavy (non-hydrogen) atoms. The second-order valence-electron chi connectivity index (χ2n) is 5.83. The van der Waals surface area contributed by atoms with Gasteiger partial charge in [0.15, 0.2) is 0 Å². The number of amides is 1. The first kappa shape index (κ1) is 17.3. The van der Waals surface area contributed by atoms with E-state index < -0.39 is 4.92 Å². The van der Waals surface area contributed by atoms with Crippen molar-refractivity contribution >= 4 is 11.6 Å². The van der Waals surface area contributed by atoms with E-state index in [2.05, 4.69) is 10.1 Å². The van der Waals surface area contributed by atoms with Crippen molar-refractivity contribution in [3.8, 4) is 5.69 Å². The monoisotopic (exact) mass is 351 g/mol. The number of benzene rings is 2. The van der Waals surface area contributed by atoms with Gasteiger partial charge in [0, 0.05) is 24.7 Å². The summed E-state index contributed by atoms with van der Waals surface area (Å²) in [6, 6.07) is 13.1. The van der Waals surface area contributed by atoms with Crippen LogP contribution in [-0.2, 0) is 0 Å². The van der Waals surface area contributed by atoms with Gasteiger partial charge < -0.3 is 4.90 Å². The molecular formula is C18H17N5O3. The summed E-state index contributed by atoms with van der Waals surface area (Å²) in [5.41, 5.74) is 2.21. The SMILES string of the molecule is C[C@H](c1ccc(-n2cncn2)cc1)N(C)C(=O)c1ccc([N+](=O)[O-])cc1. The van der Waals surface area contributed by atoms with Crippen LogP contribution in [0.15, 0.2) is 61.2 Å². The van der Waals surface area contributed by atoms with Crippen molar-refractivity contribution < 1.29 is 9.72 Å². The summed E-state index contributed by atoms with van der Waals surface area (Å²) in [5.74, 6) is -0.201. The molecule has 8 heteroatoms. The predicted octanol–water partition coefficient (Wildman–Crippen LogP) is 3.01. The molecule has 0 N–H and O–H groups in total. The molecule has 132 valence electrons. The van der Waals surface area contributed by atoms with E-state index >= 15 is 0 Å². The average molecular weight is 351 g/mol. The van der Waals surface area contributed by atoms with E-state index in [0.717, 1.165) is 11.3 Å². The lowest BCUT2D eigenvalue weighted by Gasteiger charge is -2.25. The minimum Gasteiger partial charge on any atom is -0.335 e. The second-order valence-corrected chi connectivity index (χ2v) is 5.83. The number of nitrogens with zero attached hydrogens (tertiary/aromatic N) is 5. The highest BCUT2D eigenvalue weighted by atomic mass is 16.6. The van der Waals surface area contributed by atoms with Gasteiger partial charge in [0.25, 0.3) is 11.6 Å². The Morgan fingerprint density at radius 1 is 1.15 bits per heavy atom. The van der Waals surface area contributed by atoms with Gasteiger partial charge in [-0.25, -0.2) is 9.67 Å². The van der Waals surface area contributed by atoms with Gasteiger partial charge in [-0.2, -0.15) is 5.10 Å². The molecule has 1 heterocycles. The Kier molecular flexibility index (Phi) is 4.74. The minimum atomic E-state index is -0.489. The molecule has 1 aromatic heterocycles. The van der Waals surface area contributed by atoms with Crippen molar-refractivity contribution in [2.75, 3.05) is 7.05 Å². The van der Waals surface area contributed by atoms with Crippen LogP contribution in [0.25, 0.3) is 5.69 Å². The Hall–Kier alpha value is -3.55. The van der Waals surface area contributed by atoms with Gasteiger partial charge in [-0.3, -0.25) is 14.9 Å². The number of rotatable bonds is 5. The van der Waals surface area contributed by atoms with Crippen LogP contribution in [0.4, 0.5) is 5.69 Å². The smallest absolute Gasteiger partial charge is 0.269 e. The lowest BCUT2D eigenvalue weighted by Crippen LogP contribution is -2.29. The van der Waals surface area contributed by atoms with Crippen LogP contribution in [0.5, 0.6) is 0 Å². The Bertz CT molecular complexity index is 905. The van der Waals surface area contributed by atoms with E-state index in [1.165, 1.54) is 30.6 Å². The van der Waals surface area contributed by atoms with E-state index in [-0.39, 0.29) is 17.6 Å². The van der Waals surface area contributed by atoms with Gasteiger partial charge in [0.1, 0.15) is 12.7 Å². The maximum absolute atomic E-state index is 12.6. The summed E-state index contributed by atoms with van der Waals surface area (Å²) in [4.78, 5) is 28.4. The molecular weight excluding hydrogens is 334 g/mol. The molecule has 8 nitrogen and oxygen atoms in total. The van der Waals surface area contributed by atoms with E-state index in [0.29, 0.717) is 5.56 Å². The Balaban J connectivity index is 1.75. The summed E-state index contributed by atoms with van der Waals surface area (Å²) in [7, 11) is 1.71. The topological polar surface area (TPSA) is 94.2 Å². The number of hydrogen-bond donors (Lipinski definition) is 0. The number of hydrogen-bond acceptors (Lipinski definition) is 5. The normalized spacial score (nSPS) is 11.8. The van der Waals surface area contributed by atoms with Crippen molar-refractivity contribution in [3.05, 3.63) is 82.4 Å². The standard InChI is InChI=1S/C18H17N5O3/c1-13(14-3-7-16(8-4-14)22-12-19-11-20-22)21(2)18(24)15-5-9-17(10-6-15)23(25)26/h3-13H,1-2H3/t13-/m1/s1. The summed E-state index contributed by atoms with van der Waals surface area (Å²) >= 11 is 0. The van der Waals surface area contributed by atoms with Crippen LogP contribution < -0.4 is 0 Å². The number of non-ortho nitro benzene ring substituents is 1. The molecule has 0 fully saturated rings. The average Bonchev–Trinajstić information content (AvgIpc) is 3.21. The molecule has 0 aliphatic heterocycles. The van der Waals surface area contributed by atoms with E-state index in [9.17, 15) is 14.9 Å². The summed E-state index contributed by atoms with van der Waals surface area (Å²) < 4.78 is 1.65. The van der Waals surface area contributed by atoms with Gasteiger partial charge in [0.05, 0.1) is 16.7 Å². The van der Waals surface area contributed by atoms with Crippen LogP contribution in [0, 0.1) is 10.1 Å². The Labute approximate surface area is 149 Å². The quantitative estimate of drug-likeness (QED) is 0.520. The molecule has 0 spiro atoms. The fourth-order valence-corrected chi connectivity index (χ4v) is 2.58. The molecule has 0 unspecified atom stereocenters. The molecule has 1 amide bonds. The van der Waals surface area contributed by atoms with Gasteiger partial charge in [0.2, 0.25) is 0 Å².